The van der Waals surface area contributed by atoms with E-state index in [-0.39, 0.29) is 5.56 Å². The molecule has 0 saturated carbocycles. The van der Waals surface area contributed by atoms with Gasteiger partial charge >= 0.3 is 0 Å². The number of phenols is 5. The molecule has 0 bridgehead atoms. The number of hydrogen-bond acceptors (Lipinski definition) is 8. The topological polar surface area (TPSA) is 270 Å². The van der Waals surface area contributed by atoms with Gasteiger partial charge in [-0.25, -0.2) is 0 Å². The predicted molar refractivity (Wildman–Crippen MR) is 130 cm³/mol. The highest BCUT2D eigenvalue weighted by molar-refractivity contribution is 6.49. The Kier molecular flexibility index (Phi) is 10.7. The maximum atomic E-state index is 12.1. The van der Waals surface area contributed by atoms with E-state index >= 15 is 0 Å². The number of ketones is 3. The summed E-state index contributed by atoms with van der Waals surface area (Å²) in [5.41, 5.74) is 27.6. The Hall–Kier alpha value is -5.97. The number of aromatic hydroxyl groups is 5. The molecule has 1 aliphatic carbocycles. The highest BCUT2D eigenvalue weighted by atomic mass is 16.3. The van der Waals surface area contributed by atoms with E-state index < -0.39 is 51.7 Å². The van der Waals surface area contributed by atoms with E-state index in [4.69, 9.17) is 27.2 Å². The van der Waals surface area contributed by atoms with Gasteiger partial charge in [-0.05, 0) is 35.9 Å². The second kappa shape index (κ2) is 13.7. The average Bonchev–Trinajstić information content (AvgIpc) is 2.86. The lowest BCUT2D eigenvalue weighted by Crippen LogP contribution is -2.15. The first-order chi connectivity index (χ1) is 17.5. The minimum Gasteiger partial charge on any atom is -0.507 e. The van der Waals surface area contributed by atoms with Gasteiger partial charge in [-0.2, -0.15) is 0 Å². The monoisotopic (exact) mass is 504 g/mol. The van der Waals surface area contributed by atoms with Gasteiger partial charge in [0.1, 0.15) is 17.1 Å². The Morgan fingerprint density at radius 1 is 0.649 bits per heavy atom. The molecular formula is C23H16N6O8-2. The van der Waals surface area contributed by atoms with Gasteiger partial charge in [-0.1, -0.05) is 36.4 Å². The van der Waals surface area contributed by atoms with Crippen LogP contribution >= 0.6 is 0 Å². The van der Waals surface area contributed by atoms with E-state index in [9.17, 15) is 34.8 Å². The number of hydrogen-bond donors (Lipinski definition) is 5. The van der Waals surface area contributed by atoms with Crippen molar-refractivity contribution in [3.8, 4) is 28.7 Å². The lowest BCUT2D eigenvalue weighted by Gasteiger charge is -2.09. The summed E-state index contributed by atoms with van der Waals surface area (Å²) in [5, 5.41) is 47.2. The average molecular weight is 504 g/mol. The number of rotatable bonds is 2. The van der Waals surface area contributed by atoms with Crippen molar-refractivity contribution in [2.45, 2.75) is 0 Å². The third-order valence-corrected chi connectivity index (χ3v) is 4.47. The first-order valence-corrected chi connectivity index (χ1v) is 9.67. The number of carbonyl (C=O) groups excluding carboxylic acids is 3. The fraction of sp³-hybridized carbons (Fsp3) is 0. The van der Waals surface area contributed by atoms with E-state index in [2.05, 4.69) is 0 Å². The highest BCUT2D eigenvalue weighted by Crippen LogP contribution is 2.39. The fourth-order valence-electron chi connectivity index (χ4n) is 2.87. The lowest BCUT2D eigenvalue weighted by molar-refractivity contribution is -0.110. The van der Waals surface area contributed by atoms with Crippen LogP contribution in [0.15, 0.2) is 60.7 Å². The summed E-state index contributed by atoms with van der Waals surface area (Å²) >= 11 is 0. The van der Waals surface area contributed by atoms with Crippen molar-refractivity contribution in [3.05, 3.63) is 115 Å². The molecule has 0 aromatic heterocycles. The van der Waals surface area contributed by atoms with Crippen molar-refractivity contribution >= 4 is 23.4 Å². The van der Waals surface area contributed by atoms with Gasteiger partial charge in [0.25, 0.3) is 0 Å². The molecule has 1 aliphatic rings. The summed E-state index contributed by atoms with van der Waals surface area (Å²) in [6.45, 7) is 0. The zero-order valence-electron chi connectivity index (χ0n) is 18.5. The van der Waals surface area contributed by atoms with Crippen LogP contribution in [0, 0.1) is 0 Å². The van der Waals surface area contributed by atoms with E-state index in [1.165, 1.54) is 34.1 Å². The van der Waals surface area contributed by atoms with Crippen molar-refractivity contribution in [2.75, 3.05) is 0 Å². The van der Waals surface area contributed by atoms with Crippen LogP contribution in [0.4, 0.5) is 0 Å². The fourth-order valence-corrected chi connectivity index (χ4v) is 2.87. The molecule has 0 unspecified atom stereocenters. The minimum absolute atomic E-state index is 0.355. The molecule has 0 saturated heterocycles. The van der Waals surface area contributed by atoms with Crippen molar-refractivity contribution < 1.29 is 39.9 Å². The zero-order valence-corrected chi connectivity index (χ0v) is 18.5. The number of phenolic OH excluding ortho intramolecular Hbond substituents is 5. The number of carbonyl (C=O) groups is 3. The van der Waals surface area contributed by atoms with E-state index in [1.807, 2.05) is 12.1 Å². The summed E-state index contributed by atoms with van der Waals surface area (Å²) in [5.74, 6) is -4.91. The van der Waals surface area contributed by atoms with E-state index in [0.29, 0.717) is 5.56 Å². The minimum atomic E-state index is -0.886. The molecule has 0 atom stereocenters. The molecule has 0 fully saturated rings. The Morgan fingerprint density at radius 2 is 1.19 bits per heavy atom. The van der Waals surface area contributed by atoms with Gasteiger partial charge in [0, 0.05) is 5.56 Å². The van der Waals surface area contributed by atoms with Crippen molar-refractivity contribution in [3.63, 3.8) is 0 Å². The van der Waals surface area contributed by atoms with Crippen LogP contribution in [0.3, 0.4) is 0 Å². The summed E-state index contributed by atoms with van der Waals surface area (Å²) in [4.78, 5) is 37.2. The number of fused-ring (bicyclic) bond motifs is 1. The number of allylic oxidation sites excluding steroid dienone is 1. The molecule has 0 aliphatic heterocycles. The van der Waals surface area contributed by atoms with Crippen LogP contribution in [0.1, 0.15) is 31.8 Å². The highest BCUT2D eigenvalue weighted by Gasteiger charge is 2.23. The van der Waals surface area contributed by atoms with Crippen LogP contribution in [-0.4, -0.2) is 42.9 Å². The lowest BCUT2D eigenvalue weighted by atomic mass is 9.96. The third-order valence-electron chi connectivity index (χ3n) is 4.47. The summed E-state index contributed by atoms with van der Waals surface area (Å²) in [7, 11) is 0. The molecule has 188 valence electrons. The Morgan fingerprint density at radius 3 is 1.76 bits per heavy atom. The van der Waals surface area contributed by atoms with Gasteiger partial charge in [0.05, 0.1) is 5.56 Å². The van der Waals surface area contributed by atoms with Crippen LogP contribution in [0.2, 0.25) is 0 Å². The molecule has 3 aromatic carbocycles. The molecule has 0 heterocycles. The molecule has 4 rings (SSSR count). The zero-order chi connectivity index (χ0) is 28.1. The van der Waals surface area contributed by atoms with E-state index in [0.717, 1.165) is 17.7 Å². The predicted octanol–water partition coefficient (Wildman–Crippen LogP) is 4.64. The molecule has 3 aromatic rings. The quantitative estimate of drug-likeness (QED) is 0.0816. The molecule has 37 heavy (non-hydrogen) atoms. The van der Waals surface area contributed by atoms with Crippen molar-refractivity contribution in [1.29, 1.82) is 0 Å². The van der Waals surface area contributed by atoms with Gasteiger partial charge in [0.2, 0.25) is 23.1 Å². The maximum Gasteiger partial charge on any atom is 0.233 e. The van der Waals surface area contributed by atoms with Crippen molar-refractivity contribution in [2.24, 2.45) is 0 Å². The normalized spacial score (nSPS) is 10.5. The van der Waals surface area contributed by atoms with Crippen LogP contribution in [0.25, 0.3) is 38.0 Å². The largest absolute Gasteiger partial charge is 0.507 e. The first-order valence-electron chi connectivity index (χ1n) is 9.67. The van der Waals surface area contributed by atoms with Gasteiger partial charge in [-0.15, -0.1) is 0 Å². The number of benzene rings is 3. The summed E-state index contributed by atoms with van der Waals surface area (Å²) in [6.07, 6.45) is 2.98. The van der Waals surface area contributed by atoms with Crippen LogP contribution < -0.4 is 0 Å². The standard InChI is InChI=1S/C13H10O6.C10H6O2.2N3/c14-7-2-1-3-8(15)10(7)11(17)6-4-5-9(16)13(19)12(6)18;11-9-6-5-7-3-1-2-4-8(7)10(9)12;2*1-3-2/h1-5,14-16,18-19H;1-6H;;/q;;2*-1. The Labute approximate surface area is 207 Å². The molecule has 14 heteroatoms. The molecule has 0 radical (unpaired) electrons. The summed E-state index contributed by atoms with van der Waals surface area (Å²) in [6, 6.07) is 12.9. The molecule has 5 N–H and O–H groups in total. The van der Waals surface area contributed by atoms with Crippen LogP contribution in [-0.2, 0) is 4.79 Å². The Bertz CT molecular complexity index is 1410. The molecule has 0 amide bonds. The van der Waals surface area contributed by atoms with E-state index in [1.54, 1.807) is 18.2 Å². The molecule has 14 nitrogen and oxygen atoms in total. The number of nitrogens with zero attached hydrogens (tertiary/aromatic N) is 6. The summed E-state index contributed by atoms with van der Waals surface area (Å²) < 4.78 is 0. The van der Waals surface area contributed by atoms with Crippen LogP contribution in [0.5, 0.6) is 28.7 Å². The van der Waals surface area contributed by atoms with Gasteiger partial charge < -0.3 is 47.7 Å². The molecule has 0 spiro atoms. The first kappa shape index (κ1) is 29.1. The smallest absolute Gasteiger partial charge is 0.233 e. The second-order valence-corrected chi connectivity index (χ2v) is 6.62. The van der Waals surface area contributed by atoms with Crippen molar-refractivity contribution in [1.82, 2.24) is 0 Å². The van der Waals surface area contributed by atoms with Gasteiger partial charge in [-0.3, -0.25) is 24.2 Å². The second-order valence-electron chi connectivity index (χ2n) is 6.62. The molecular weight excluding hydrogens is 488 g/mol. The number of Topliss-reactive ketones (excluding diaryl/α,β-unsaturated/α-hetero) is 1. The maximum absolute atomic E-state index is 12.1. The SMILES string of the molecule is O=C(c1ccc(O)c(O)c1O)c1c(O)cccc1O.O=C1C=Cc2ccccc2C1=O.[N-]=[N+]=[N-].[N-]=[N+]=[N-]. The third kappa shape index (κ3) is 7.25. The van der Waals surface area contributed by atoms with Gasteiger partial charge in [0.15, 0.2) is 11.5 Å². The Balaban J connectivity index is 0.000000324.